The summed E-state index contributed by atoms with van der Waals surface area (Å²) < 4.78 is 32.2. The number of hydrogen-bond donors (Lipinski definition) is 1. The van der Waals surface area contributed by atoms with E-state index in [-0.39, 0.29) is 4.90 Å². The highest BCUT2D eigenvalue weighted by Gasteiger charge is 2.26. The highest BCUT2D eigenvalue weighted by atomic mass is 35.5. The third kappa shape index (κ3) is 5.19. The second kappa shape index (κ2) is 10.3. The lowest BCUT2D eigenvalue weighted by Gasteiger charge is -2.25. The molecule has 1 N–H and O–H groups in total. The highest BCUT2D eigenvalue weighted by Crippen LogP contribution is 2.35. The highest BCUT2D eigenvalue weighted by molar-refractivity contribution is 7.89. The Morgan fingerprint density at radius 1 is 1.12 bits per heavy atom. The number of aromatic nitrogens is 1. The predicted molar refractivity (Wildman–Crippen MR) is 132 cm³/mol. The molecular formula is C24H22Cl2N4O3S. The van der Waals surface area contributed by atoms with Gasteiger partial charge >= 0.3 is 0 Å². The van der Waals surface area contributed by atoms with Gasteiger partial charge in [-0.2, -0.15) is 9.57 Å². The lowest BCUT2D eigenvalue weighted by atomic mass is 9.91. The van der Waals surface area contributed by atoms with Gasteiger partial charge in [-0.25, -0.2) is 13.4 Å². The lowest BCUT2D eigenvalue weighted by molar-refractivity contribution is 0.0730. The third-order valence-corrected chi connectivity index (χ3v) is 8.06. The molecule has 0 saturated carbocycles. The van der Waals surface area contributed by atoms with E-state index in [0.717, 1.165) is 11.1 Å². The first kappa shape index (κ1) is 24.5. The minimum absolute atomic E-state index is 0.130. The van der Waals surface area contributed by atoms with E-state index in [1.807, 2.05) is 25.1 Å². The molecule has 10 heteroatoms. The molecule has 1 atom stereocenters. The van der Waals surface area contributed by atoms with Gasteiger partial charge in [-0.05, 0) is 53.9 Å². The van der Waals surface area contributed by atoms with Crippen LogP contribution in [-0.4, -0.2) is 44.0 Å². The molecule has 1 unspecified atom stereocenters. The Morgan fingerprint density at radius 3 is 2.44 bits per heavy atom. The molecule has 1 fully saturated rings. The smallest absolute Gasteiger partial charge is 0.244 e. The van der Waals surface area contributed by atoms with Crippen molar-refractivity contribution in [3.05, 3.63) is 81.5 Å². The minimum atomic E-state index is -3.61. The molecule has 1 aliphatic rings. The zero-order chi connectivity index (χ0) is 24.3. The normalized spacial score (nSPS) is 15.5. The van der Waals surface area contributed by atoms with Crippen molar-refractivity contribution in [2.24, 2.45) is 0 Å². The van der Waals surface area contributed by atoms with E-state index in [0.29, 0.717) is 53.4 Å². The van der Waals surface area contributed by atoms with E-state index in [1.54, 1.807) is 24.3 Å². The summed E-state index contributed by atoms with van der Waals surface area (Å²) in [5.41, 5.74) is 3.06. The van der Waals surface area contributed by atoms with E-state index in [1.165, 1.54) is 16.6 Å². The van der Waals surface area contributed by atoms with Crippen LogP contribution in [0.3, 0.4) is 0 Å². The number of hydrogen-bond acceptors (Lipinski definition) is 6. The number of nitrogens with one attached hydrogen (secondary N) is 1. The van der Waals surface area contributed by atoms with Crippen molar-refractivity contribution in [2.45, 2.75) is 17.7 Å². The number of nitriles is 1. The van der Waals surface area contributed by atoms with Crippen LogP contribution >= 0.6 is 23.2 Å². The second-order valence-corrected chi connectivity index (χ2v) is 10.6. The van der Waals surface area contributed by atoms with E-state index in [4.69, 9.17) is 27.9 Å². The van der Waals surface area contributed by atoms with Crippen LogP contribution in [0, 0.1) is 18.3 Å². The van der Waals surface area contributed by atoms with Crippen LogP contribution in [0.4, 0.5) is 11.5 Å². The van der Waals surface area contributed by atoms with Crippen LogP contribution < -0.4 is 5.32 Å². The van der Waals surface area contributed by atoms with Crippen molar-refractivity contribution in [3.63, 3.8) is 0 Å². The Bertz CT molecular complexity index is 1320. The Hall–Kier alpha value is -2.67. The average molecular weight is 517 g/mol. The van der Waals surface area contributed by atoms with Crippen molar-refractivity contribution >= 4 is 44.7 Å². The van der Waals surface area contributed by atoms with Gasteiger partial charge in [0.15, 0.2) is 0 Å². The maximum absolute atomic E-state index is 12.8. The molecule has 1 aliphatic heterocycles. The summed E-state index contributed by atoms with van der Waals surface area (Å²) in [5.74, 6) is -0.0669. The van der Waals surface area contributed by atoms with Gasteiger partial charge in [0.25, 0.3) is 0 Å². The van der Waals surface area contributed by atoms with E-state index < -0.39 is 15.9 Å². The number of morpholine rings is 1. The van der Waals surface area contributed by atoms with Gasteiger partial charge in [0, 0.05) is 35.0 Å². The Labute approximate surface area is 208 Å². The molecule has 0 aliphatic carbocycles. The fraction of sp³-hybridized carbons (Fsp3) is 0.250. The first-order chi connectivity index (χ1) is 16.3. The van der Waals surface area contributed by atoms with Crippen molar-refractivity contribution in [2.75, 3.05) is 31.6 Å². The molecule has 1 aromatic heterocycles. The molecule has 1 saturated heterocycles. The molecule has 2 heterocycles. The van der Waals surface area contributed by atoms with Gasteiger partial charge in [0.05, 0.1) is 25.2 Å². The quantitative estimate of drug-likeness (QED) is 0.488. The standard InChI is InChI=1S/C24H22Cl2N4O3S/c1-16-12-20(21(14-27)17-2-4-18(25)5-3-17)22(26)13-23(16)29-24-7-6-19(15-28-24)34(31,32)30-8-10-33-11-9-30/h2-7,12-13,15,21H,8-11H2,1H3,(H,28,29). The second-order valence-electron chi connectivity index (χ2n) is 7.82. The zero-order valence-corrected chi connectivity index (χ0v) is 20.7. The van der Waals surface area contributed by atoms with Gasteiger partial charge < -0.3 is 10.1 Å². The SMILES string of the molecule is Cc1cc(C(C#N)c2ccc(Cl)cc2)c(Cl)cc1Nc1ccc(S(=O)(=O)N2CCOCC2)cn1. The lowest BCUT2D eigenvalue weighted by Crippen LogP contribution is -2.40. The Morgan fingerprint density at radius 2 is 1.82 bits per heavy atom. The van der Waals surface area contributed by atoms with Crippen molar-refractivity contribution < 1.29 is 13.2 Å². The van der Waals surface area contributed by atoms with E-state index >= 15 is 0 Å². The first-order valence-corrected chi connectivity index (χ1v) is 12.8. The maximum atomic E-state index is 12.8. The summed E-state index contributed by atoms with van der Waals surface area (Å²) in [6, 6.07) is 16.2. The summed E-state index contributed by atoms with van der Waals surface area (Å²) in [4.78, 5) is 4.41. The largest absolute Gasteiger partial charge is 0.379 e. The van der Waals surface area contributed by atoms with Crippen LogP contribution in [0.25, 0.3) is 0 Å². The average Bonchev–Trinajstić information content (AvgIpc) is 2.84. The van der Waals surface area contributed by atoms with Crippen LogP contribution in [0.1, 0.15) is 22.6 Å². The number of benzene rings is 2. The Kier molecular flexibility index (Phi) is 7.41. The first-order valence-electron chi connectivity index (χ1n) is 10.6. The number of anilines is 2. The number of halogens is 2. The number of pyridine rings is 1. The van der Waals surface area contributed by atoms with Crippen molar-refractivity contribution in [1.29, 1.82) is 5.26 Å². The van der Waals surface area contributed by atoms with Crippen LogP contribution in [0.2, 0.25) is 10.0 Å². The number of ether oxygens (including phenoxy) is 1. The molecule has 0 amide bonds. The van der Waals surface area contributed by atoms with Gasteiger partial charge in [0.1, 0.15) is 10.7 Å². The number of rotatable bonds is 6. The summed E-state index contributed by atoms with van der Waals surface area (Å²) >= 11 is 12.5. The molecule has 2 aromatic carbocycles. The van der Waals surface area contributed by atoms with Crippen LogP contribution in [-0.2, 0) is 14.8 Å². The summed E-state index contributed by atoms with van der Waals surface area (Å²) in [6.07, 6.45) is 1.34. The van der Waals surface area contributed by atoms with E-state index in [2.05, 4.69) is 16.4 Å². The molecular weight excluding hydrogens is 495 g/mol. The summed E-state index contributed by atoms with van der Waals surface area (Å²) in [7, 11) is -3.61. The summed E-state index contributed by atoms with van der Waals surface area (Å²) in [5, 5.41) is 14.0. The van der Waals surface area contributed by atoms with Crippen molar-refractivity contribution in [1.82, 2.24) is 9.29 Å². The van der Waals surface area contributed by atoms with Crippen LogP contribution in [0.5, 0.6) is 0 Å². The molecule has 3 aromatic rings. The fourth-order valence-electron chi connectivity index (χ4n) is 3.72. The molecule has 7 nitrogen and oxygen atoms in total. The third-order valence-electron chi connectivity index (χ3n) is 5.59. The van der Waals surface area contributed by atoms with Gasteiger partial charge in [0.2, 0.25) is 10.0 Å². The number of sulfonamides is 1. The molecule has 0 bridgehead atoms. The van der Waals surface area contributed by atoms with Crippen LogP contribution in [0.15, 0.2) is 59.6 Å². The minimum Gasteiger partial charge on any atom is -0.379 e. The zero-order valence-electron chi connectivity index (χ0n) is 18.3. The van der Waals surface area contributed by atoms with Gasteiger partial charge in [-0.3, -0.25) is 0 Å². The molecule has 34 heavy (non-hydrogen) atoms. The molecule has 4 rings (SSSR count). The predicted octanol–water partition coefficient (Wildman–Crippen LogP) is 5.12. The van der Waals surface area contributed by atoms with Gasteiger partial charge in [-0.15, -0.1) is 0 Å². The van der Waals surface area contributed by atoms with E-state index in [9.17, 15) is 13.7 Å². The monoisotopic (exact) mass is 516 g/mol. The summed E-state index contributed by atoms with van der Waals surface area (Å²) in [6.45, 7) is 3.31. The number of nitrogens with zero attached hydrogens (tertiary/aromatic N) is 3. The van der Waals surface area contributed by atoms with Crippen molar-refractivity contribution in [3.8, 4) is 6.07 Å². The molecule has 0 spiro atoms. The fourth-order valence-corrected chi connectivity index (χ4v) is 5.47. The van der Waals surface area contributed by atoms with Gasteiger partial charge in [-0.1, -0.05) is 41.4 Å². The molecule has 176 valence electrons. The topological polar surface area (TPSA) is 95.3 Å². The number of aryl methyl sites for hydroxylation is 1. The molecule has 0 radical (unpaired) electrons. The maximum Gasteiger partial charge on any atom is 0.244 e. The Balaban J connectivity index is 1.55.